The Morgan fingerprint density at radius 3 is 2.65 bits per heavy atom. The monoisotopic (exact) mass is 448 g/mol. The summed E-state index contributed by atoms with van der Waals surface area (Å²) in [6.45, 7) is 0.783. The third-order valence-corrected chi connectivity index (χ3v) is 5.78. The summed E-state index contributed by atoms with van der Waals surface area (Å²) in [5.74, 6) is 1.83. The molecule has 2 aromatic carbocycles. The van der Waals surface area contributed by atoms with Gasteiger partial charge in [0.2, 0.25) is 0 Å². The van der Waals surface area contributed by atoms with E-state index in [1.165, 1.54) is 0 Å². The van der Waals surface area contributed by atoms with Gasteiger partial charge in [-0.15, -0.1) is 0 Å². The van der Waals surface area contributed by atoms with Crippen molar-refractivity contribution >= 4 is 73.9 Å². The minimum Gasteiger partial charge on any atom is -0.362 e. The summed E-state index contributed by atoms with van der Waals surface area (Å²) in [5.41, 5.74) is 2.02. The average Bonchev–Trinajstić information content (AvgIpc) is 2.52. The Kier molecular flexibility index (Phi) is 7.99. The van der Waals surface area contributed by atoms with Crippen molar-refractivity contribution in [3.8, 4) is 0 Å². The number of thiocarbonyl (C=S) groups is 1. The molecule has 0 aromatic heterocycles. The smallest absolute Gasteiger partial charge is 0.170 e. The van der Waals surface area contributed by atoms with Crippen molar-refractivity contribution in [3.05, 3.63) is 62.5 Å². The number of hydrogen-bond donors (Lipinski definition) is 2. The van der Waals surface area contributed by atoms with E-state index in [2.05, 4.69) is 26.6 Å². The molecule has 0 saturated carbocycles. The van der Waals surface area contributed by atoms with Gasteiger partial charge in [-0.1, -0.05) is 41.4 Å². The quantitative estimate of drug-likeness (QED) is 0.418. The molecule has 23 heavy (non-hydrogen) atoms. The lowest BCUT2D eigenvalue weighted by Gasteiger charge is -2.11. The first kappa shape index (κ1) is 18.9. The van der Waals surface area contributed by atoms with Gasteiger partial charge in [-0.05, 0) is 58.0 Å². The first-order valence-corrected chi connectivity index (χ1v) is 9.98. The third-order valence-electron chi connectivity index (χ3n) is 2.92. The minimum absolute atomic E-state index is 0.585. The van der Waals surface area contributed by atoms with Crippen LogP contribution in [0.2, 0.25) is 10.0 Å². The highest BCUT2D eigenvalue weighted by molar-refractivity contribution is 9.10. The molecule has 7 heteroatoms. The zero-order chi connectivity index (χ0) is 16.7. The van der Waals surface area contributed by atoms with E-state index in [0.717, 1.165) is 38.8 Å². The van der Waals surface area contributed by atoms with Gasteiger partial charge in [-0.3, -0.25) is 0 Å². The van der Waals surface area contributed by atoms with Crippen LogP contribution in [0.3, 0.4) is 0 Å². The summed E-state index contributed by atoms with van der Waals surface area (Å²) < 4.78 is 0.861. The predicted octanol–water partition coefficient (Wildman–Crippen LogP) is 5.98. The van der Waals surface area contributed by atoms with Gasteiger partial charge in [0.15, 0.2) is 5.11 Å². The van der Waals surface area contributed by atoms with Crippen molar-refractivity contribution in [2.75, 3.05) is 17.6 Å². The summed E-state index contributed by atoms with van der Waals surface area (Å²) >= 11 is 22.6. The van der Waals surface area contributed by atoms with E-state index in [0.29, 0.717) is 10.1 Å². The second kappa shape index (κ2) is 9.74. The number of halogens is 3. The zero-order valence-corrected chi connectivity index (χ0v) is 16.8. The Labute approximate surface area is 164 Å². The summed E-state index contributed by atoms with van der Waals surface area (Å²) in [4.78, 5) is 0. The van der Waals surface area contributed by atoms with Crippen molar-refractivity contribution in [1.29, 1.82) is 0 Å². The molecule has 0 fully saturated rings. The van der Waals surface area contributed by atoms with Crippen LogP contribution in [-0.2, 0) is 5.75 Å². The number of nitrogens with one attached hydrogen (secondary N) is 2. The van der Waals surface area contributed by atoms with Crippen molar-refractivity contribution in [2.24, 2.45) is 0 Å². The largest absolute Gasteiger partial charge is 0.362 e. The van der Waals surface area contributed by atoms with E-state index >= 15 is 0 Å². The molecule has 122 valence electrons. The van der Waals surface area contributed by atoms with Gasteiger partial charge in [0.05, 0.1) is 5.02 Å². The maximum atomic E-state index is 6.13. The molecule has 0 bridgehead atoms. The fraction of sp³-hybridized carbons (Fsp3) is 0.188. The van der Waals surface area contributed by atoms with Gasteiger partial charge in [0, 0.05) is 33.2 Å². The standard InChI is InChI=1S/C16H15BrCl2N2S2/c17-13-6-5-12(9-15(13)19)21-16(22)20-7-8-23-10-11-3-1-2-4-14(11)18/h1-6,9H,7-8,10H2,(H2,20,21,22). The second-order valence-electron chi connectivity index (χ2n) is 4.65. The second-order valence-corrected chi connectivity index (χ2v) is 7.84. The first-order chi connectivity index (χ1) is 11.1. The molecule has 0 aliphatic heterocycles. The first-order valence-electron chi connectivity index (χ1n) is 6.87. The molecule has 2 aromatic rings. The lowest BCUT2D eigenvalue weighted by atomic mass is 10.2. The fourth-order valence-electron chi connectivity index (χ4n) is 1.78. The molecule has 0 atom stereocenters. The van der Waals surface area contributed by atoms with Crippen LogP contribution < -0.4 is 10.6 Å². The Hall–Kier alpha value is -0.460. The van der Waals surface area contributed by atoms with E-state index in [9.17, 15) is 0 Å². The van der Waals surface area contributed by atoms with Gasteiger partial charge in [-0.25, -0.2) is 0 Å². The molecule has 0 aliphatic rings. The topological polar surface area (TPSA) is 24.1 Å². The number of thioether (sulfide) groups is 1. The predicted molar refractivity (Wildman–Crippen MR) is 111 cm³/mol. The highest BCUT2D eigenvalue weighted by Crippen LogP contribution is 2.25. The van der Waals surface area contributed by atoms with Crippen LogP contribution in [0.1, 0.15) is 5.56 Å². The third kappa shape index (κ3) is 6.51. The molecular formula is C16H15BrCl2N2S2. The van der Waals surface area contributed by atoms with Crippen LogP contribution in [0.5, 0.6) is 0 Å². The van der Waals surface area contributed by atoms with Crippen molar-refractivity contribution in [3.63, 3.8) is 0 Å². The van der Waals surface area contributed by atoms with Crippen LogP contribution in [0, 0.1) is 0 Å². The lowest BCUT2D eigenvalue weighted by molar-refractivity contribution is 0.990. The minimum atomic E-state index is 0.585. The van der Waals surface area contributed by atoms with Gasteiger partial charge in [0.1, 0.15) is 0 Å². The molecule has 0 radical (unpaired) electrons. The molecule has 2 N–H and O–H groups in total. The Balaban J connectivity index is 1.67. The van der Waals surface area contributed by atoms with Crippen LogP contribution >= 0.6 is 63.1 Å². The molecule has 0 spiro atoms. The molecule has 2 rings (SSSR count). The highest BCUT2D eigenvalue weighted by atomic mass is 79.9. The molecule has 0 unspecified atom stereocenters. The maximum Gasteiger partial charge on any atom is 0.170 e. The normalized spacial score (nSPS) is 10.4. The molecule has 0 amide bonds. The summed E-state index contributed by atoms with van der Waals surface area (Å²) in [6.07, 6.45) is 0. The van der Waals surface area contributed by atoms with Gasteiger partial charge >= 0.3 is 0 Å². The number of benzene rings is 2. The average molecular weight is 450 g/mol. The highest BCUT2D eigenvalue weighted by Gasteiger charge is 2.02. The number of rotatable bonds is 6. The molecular weight excluding hydrogens is 435 g/mol. The van der Waals surface area contributed by atoms with Crippen LogP contribution in [0.4, 0.5) is 5.69 Å². The Morgan fingerprint density at radius 1 is 1.13 bits per heavy atom. The van der Waals surface area contributed by atoms with Crippen LogP contribution in [0.15, 0.2) is 46.9 Å². The van der Waals surface area contributed by atoms with Gasteiger partial charge in [-0.2, -0.15) is 11.8 Å². The molecule has 0 aliphatic carbocycles. The van der Waals surface area contributed by atoms with Crippen molar-refractivity contribution in [2.45, 2.75) is 5.75 Å². The number of anilines is 1. The van der Waals surface area contributed by atoms with Crippen molar-refractivity contribution < 1.29 is 0 Å². The molecule has 0 saturated heterocycles. The lowest BCUT2D eigenvalue weighted by Crippen LogP contribution is -2.30. The summed E-state index contributed by atoms with van der Waals surface area (Å²) in [7, 11) is 0. The Morgan fingerprint density at radius 2 is 1.91 bits per heavy atom. The summed E-state index contributed by atoms with van der Waals surface area (Å²) in [6, 6.07) is 13.5. The molecule has 0 heterocycles. The fourth-order valence-corrected chi connectivity index (χ4v) is 3.57. The molecule has 2 nitrogen and oxygen atoms in total. The maximum absolute atomic E-state index is 6.13. The zero-order valence-electron chi connectivity index (χ0n) is 12.1. The van der Waals surface area contributed by atoms with E-state index < -0.39 is 0 Å². The summed E-state index contributed by atoms with van der Waals surface area (Å²) in [5, 5.41) is 8.34. The Bertz CT molecular complexity index is 683. The van der Waals surface area contributed by atoms with E-state index in [1.54, 1.807) is 0 Å². The SMILES string of the molecule is S=C(NCCSCc1ccccc1Cl)Nc1ccc(Br)c(Cl)c1. The van der Waals surface area contributed by atoms with Gasteiger partial charge < -0.3 is 10.6 Å². The van der Waals surface area contributed by atoms with Crippen LogP contribution in [-0.4, -0.2) is 17.4 Å². The van der Waals surface area contributed by atoms with E-state index in [1.807, 2.05) is 54.2 Å². The van der Waals surface area contributed by atoms with Crippen LogP contribution in [0.25, 0.3) is 0 Å². The van der Waals surface area contributed by atoms with Gasteiger partial charge in [0.25, 0.3) is 0 Å². The van der Waals surface area contributed by atoms with Crippen molar-refractivity contribution in [1.82, 2.24) is 5.32 Å². The van der Waals surface area contributed by atoms with E-state index in [-0.39, 0.29) is 0 Å². The van der Waals surface area contributed by atoms with E-state index in [4.69, 9.17) is 35.4 Å². The number of hydrogen-bond acceptors (Lipinski definition) is 2.